The third-order valence-electron chi connectivity index (χ3n) is 2.73. The second kappa shape index (κ2) is 5.48. The summed E-state index contributed by atoms with van der Waals surface area (Å²) >= 11 is 0. The highest BCUT2D eigenvalue weighted by atomic mass is 15.3. The summed E-state index contributed by atoms with van der Waals surface area (Å²) in [5.41, 5.74) is 1.55. The van der Waals surface area contributed by atoms with Gasteiger partial charge in [0.2, 0.25) is 0 Å². The lowest BCUT2D eigenvalue weighted by Gasteiger charge is -2.21. The molecule has 0 saturated carbocycles. The SMILES string of the molecule is CC(CCC(C)(C)C)NCc1ccn(C)n1. The van der Waals surface area contributed by atoms with Crippen molar-refractivity contribution in [3.8, 4) is 0 Å². The first-order valence-corrected chi connectivity index (χ1v) is 6.09. The Morgan fingerprint density at radius 2 is 2.12 bits per heavy atom. The van der Waals surface area contributed by atoms with E-state index in [1.807, 2.05) is 17.9 Å². The van der Waals surface area contributed by atoms with E-state index in [1.165, 1.54) is 12.8 Å². The van der Waals surface area contributed by atoms with Gasteiger partial charge in [0.25, 0.3) is 0 Å². The monoisotopic (exact) mass is 223 g/mol. The Morgan fingerprint density at radius 3 is 2.62 bits per heavy atom. The Bertz CT molecular complexity index is 309. The van der Waals surface area contributed by atoms with E-state index in [0.717, 1.165) is 12.2 Å². The van der Waals surface area contributed by atoms with Crippen LogP contribution in [0.25, 0.3) is 0 Å². The number of aryl methyl sites for hydroxylation is 1. The van der Waals surface area contributed by atoms with Crippen LogP contribution in [0.2, 0.25) is 0 Å². The number of rotatable bonds is 5. The summed E-state index contributed by atoms with van der Waals surface area (Å²) in [6.45, 7) is 9.98. The Labute approximate surface area is 99.2 Å². The lowest BCUT2D eigenvalue weighted by Crippen LogP contribution is -2.27. The highest BCUT2D eigenvalue weighted by molar-refractivity contribution is 4.98. The van der Waals surface area contributed by atoms with Crippen LogP contribution in [0.4, 0.5) is 0 Å². The Morgan fingerprint density at radius 1 is 1.44 bits per heavy atom. The van der Waals surface area contributed by atoms with Gasteiger partial charge in [0.1, 0.15) is 0 Å². The molecule has 0 radical (unpaired) electrons. The molecular formula is C13H25N3. The molecule has 1 atom stereocenters. The van der Waals surface area contributed by atoms with Crippen LogP contribution in [-0.2, 0) is 13.6 Å². The lowest BCUT2D eigenvalue weighted by atomic mass is 9.89. The van der Waals surface area contributed by atoms with Gasteiger partial charge in [0.05, 0.1) is 5.69 Å². The van der Waals surface area contributed by atoms with Gasteiger partial charge in [0, 0.05) is 25.8 Å². The van der Waals surface area contributed by atoms with Gasteiger partial charge in [-0.05, 0) is 31.2 Å². The predicted octanol–water partition coefficient (Wildman–Crippen LogP) is 2.72. The van der Waals surface area contributed by atoms with E-state index >= 15 is 0 Å². The number of nitrogens with one attached hydrogen (secondary N) is 1. The summed E-state index contributed by atoms with van der Waals surface area (Å²) in [7, 11) is 1.95. The van der Waals surface area contributed by atoms with Crippen molar-refractivity contribution in [3.63, 3.8) is 0 Å². The summed E-state index contributed by atoms with van der Waals surface area (Å²) in [6.07, 6.45) is 4.45. The zero-order valence-corrected chi connectivity index (χ0v) is 11.2. The van der Waals surface area contributed by atoms with Crippen LogP contribution in [0.5, 0.6) is 0 Å². The minimum Gasteiger partial charge on any atom is -0.309 e. The van der Waals surface area contributed by atoms with Crippen LogP contribution in [0, 0.1) is 5.41 Å². The minimum absolute atomic E-state index is 0.431. The predicted molar refractivity (Wildman–Crippen MR) is 68.2 cm³/mol. The molecule has 1 rings (SSSR count). The molecule has 0 aliphatic carbocycles. The maximum absolute atomic E-state index is 4.35. The molecule has 3 nitrogen and oxygen atoms in total. The molecule has 0 aliphatic heterocycles. The van der Waals surface area contributed by atoms with Crippen molar-refractivity contribution in [1.82, 2.24) is 15.1 Å². The fourth-order valence-corrected chi connectivity index (χ4v) is 1.59. The number of nitrogens with zero attached hydrogens (tertiary/aromatic N) is 2. The van der Waals surface area contributed by atoms with Crippen LogP contribution in [0.1, 0.15) is 46.2 Å². The van der Waals surface area contributed by atoms with E-state index in [9.17, 15) is 0 Å². The topological polar surface area (TPSA) is 29.9 Å². The zero-order valence-electron chi connectivity index (χ0n) is 11.2. The number of aromatic nitrogens is 2. The van der Waals surface area contributed by atoms with Gasteiger partial charge in [0.15, 0.2) is 0 Å². The zero-order chi connectivity index (χ0) is 12.2. The largest absolute Gasteiger partial charge is 0.309 e. The molecule has 1 unspecified atom stereocenters. The van der Waals surface area contributed by atoms with Gasteiger partial charge in [-0.25, -0.2) is 0 Å². The molecule has 1 aromatic rings. The molecular weight excluding hydrogens is 198 g/mol. The van der Waals surface area contributed by atoms with Crippen LogP contribution in [0.3, 0.4) is 0 Å². The summed E-state index contributed by atoms with van der Waals surface area (Å²) in [4.78, 5) is 0. The molecule has 0 aromatic carbocycles. The Balaban J connectivity index is 2.22. The molecule has 0 aliphatic rings. The molecule has 16 heavy (non-hydrogen) atoms. The number of hydrogen-bond donors (Lipinski definition) is 1. The van der Waals surface area contributed by atoms with Crippen molar-refractivity contribution < 1.29 is 0 Å². The standard InChI is InChI=1S/C13H25N3/c1-11(6-8-13(2,3)4)14-10-12-7-9-16(5)15-12/h7,9,11,14H,6,8,10H2,1-5H3. The molecule has 0 spiro atoms. The molecule has 0 fully saturated rings. The van der Waals surface area contributed by atoms with Gasteiger partial charge in [-0.1, -0.05) is 20.8 Å². The molecule has 0 amide bonds. The second-order valence-electron chi connectivity index (χ2n) is 5.86. The molecule has 92 valence electrons. The third kappa shape index (κ3) is 5.31. The molecule has 1 heterocycles. The maximum atomic E-state index is 4.35. The maximum Gasteiger partial charge on any atom is 0.0762 e. The lowest BCUT2D eigenvalue weighted by molar-refractivity contribution is 0.335. The molecule has 3 heteroatoms. The summed E-state index contributed by atoms with van der Waals surface area (Å²) in [5.74, 6) is 0. The van der Waals surface area contributed by atoms with Crippen molar-refractivity contribution in [2.24, 2.45) is 12.5 Å². The Kier molecular flexibility index (Phi) is 4.54. The van der Waals surface area contributed by atoms with Gasteiger partial charge < -0.3 is 5.32 Å². The highest BCUT2D eigenvalue weighted by Gasteiger charge is 2.12. The summed E-state index contributed by atoms with van der Waals surface area (Å²) < 4.78 is 1.84. The summed E-state index contributed by atoms with van der Waals surface area (Å²) in [5, 5.41) is 7.85. The van der Waals surface area contributed by atoms with Crippen molar-refractivity contribution in [2.75, 3.05) is 0 Å². The van der Waals surface area contributed by atoms with Gasteiger partial charge in [-0.3, -0.25) is 4.68 Å². The Hall–Kier alpha value is -0.830. The highest BCUT2D eigenvalue weighted by Crippen LogP contribution is 2.21. The fraction of sp³-hybridized carbons (Fsp3) is 0.769. The van der Waals surface area contributed by atoms with Crippen LogP contribution >= 0.6 is 0 Å². The van der Waals surface area contributed by atoms with Crippen molar-refractivity contribution >= 4 is 0 Å². The van der Waals surface area contributed by atoms with E-state index in [0.29, 0.717) is 11.5 Å². The van der Waals surface area contributed by atoms with Crippen molar-refractivity contribution in [1.29, 1.82) is 0 Å². The molecule has 1 aromatic heterocycles. The first-order chi connectivity index (χ1) is 7.37. The van der Waals surface area contributed by atoms with Crippen molar-refractivity contribution in [3.05, 3.63) is 18.0 Å². The van der Waals surface area contributed by atoms with Crippen LogP contribution in [0.15, 0.2) is 12.3 Å². The minimum atomic E-state index is 0.431. The second-order valence-corrected chi connectivity index (χ2v) is 5.86. The van der Waals surface area contributed by atoms with Crippen molar-refractivity contribution in [2.45, 2.75) is 53.1 Å². The normalized spacial score (nSPS) is 14.1. The summed E-state index contributed by atoms with van der Waals surface area (Å²) in [6, 6.07) is 2.62. The molecule has 1 N–H and O–H groups in total. The molecule has 0 saturated heterocycles. The van der Waals surface area contributed by atoms with Gasteiger partial charge >= 0.3 is 0 Å². The quantitative estimate of drug-likeness (QED) is 0.832. The van der Waals surface area contributed by atoms with Gasteiger partial charge in [-0.15, -0.1) is 0 Å². The fourth-order valence-electron chi connectivity index (χ4n) is 1.59. The van der Waals surface area contributed by atoms with E-state index in [2.05, 4.69) is 44.2 Å². The first-order valence-electron chi connectivity index (χ1n) is 6.09. The van der Waals surface area contributed by atoms with E-state index in [4.69, 9.17) is 0 Å². The third-order valence-corrected chi connectivity index (χ3v) is 2.73. The van der Waals surface area contributed by atoms with E-state index in [1.54, 1.807) is 0 Å². The first kappa shape index (κ1) is 13.2. The molecule has 0 bridgehead atoms. The average Bonchev–Trinajstić information content (AvgIpc) is 2.57. The number of hydrogen-bond acceptors (Lipinski definition) is 2. The van der Waals surface area contributed by atoms with E-state index < -0.39 is 0 Å². The van der Waals surface area contributed by atoms with E-state index in [-0.39, 0.29) is 0 Å². The van der Waals surface area contributed by atoms with Crippen LogP contribution in [-0.4, -0.2) is 15.8 Å². The smallest absolute Gasteiger partial charge is 0.0762 e. The van der Waals surface area contributed by atoms with Gasteiger partial charge in [-0.2, -0.15) is 5.10 Å². The average molecular weight is 223 g/mol. The van der Waals surface area contributed by atoms with Crippen LogP contribution < -0.4 is 5.32 Å².